The Bertz CT molecular complexity index is 957. The molecule has 170 valence electrons. The lowest BCUT2D eigenvalue weighted by atomic mass is 10.1. The van der Waals surface area contributed by atoms with E-state index < -0.39 is 29.7 Å². The van der Waals surface area contributed by atoms with Crippen molar-refractivity contribution in [1.82, 2.24) is 5.32 Å². The lowest BCUT2D eigenvalue weighted by Gasteiger charge is -2.22. The van der Waals surface area contributed by atoms with Crippen LogP contribution in [0.15, 0.2) is 54.6 Å². The van der Waals surface area contributed by atoms with Gasteiger partial charge >= 0.3 is 18.0 Å². The summed E-state index contributed by atoms with van der Waals surface area (Å²) >= 11 is 0. The van der Waals surface area contributed by atoms with Gasteiger partial charge in [-0.05, 0) is 62.2 Å². The lowest BCUT2D eigenvalue weighted by Crippen LogP contribution is -2.44. The van der Waals surface area contributed by atoms with Crippen LogP contribution in [0.4, 0.5) is 4.79 Å². The number of rotatable bonds is 8. The fourth-order valence-electron chi connectivity index (χ4n) is 2.59. The number of nitrogens with one attached hydrogen (secondary N) is 1. The standard InChI is InChI=1S/C24H27NO7/c1-24(2,3)32-23(29)25-20(22(27)28)15-17-7-12-19(13-8-17)31-18-10-5-16(6-11-18)9-14-21(26)30-4/h5-14,20H,15H2,1-4H3,(H,25,29)(H,27,28). The fourth-order valence-corrected chi connectivity index (χ4v) is 2.59. The van der Waals surface area contributed by atoms with E-state index in [0.717, 1.165) is 5.56 Å². The molecule has 0 fully saturated rings. The second-order valence-electron chi connectivity index (χ2n) is 7.91. The third-order valence-corrected chi connectivity index (χ3v) is 4.08. The predicted octanol–water partition coefficient (Wildman–Crippen LogP) is 4.19. The van der Waals surface area contributed by atoms with E-state index in [0.29, 0.717) is 17.1 Å². The summed E-state index contributed by atoms with van der Waals surface area (Å²) in [5, 5.41) is 11.8. The van der Waals surface area contributed by atoms with Crippen LogP contribution in [-0.2, 0) is 25.5 Å². The van der Waals surface area contributed by atoms with E-state index in [1.165, 1.54) is 13.2 Å². The van der Waals surface area contributed by atoms with Crippen LogP contribution < -0.4 is 10.1 Å². The maximum atomic E-state index is 11.9. The van der Waals surface area contributed by atoms with Gasteiger partial charge in [0.05, 0.1) is 7.11 Å². The van der Waals surface area contributed by atoms with E-state index in [1.54, 1.807) is 75.4 Å². The molecule has 8 nitrogen and oxygen atoms in total. The minimum absolute atomic E-state index is 0.0933. The van der Waals surface area contributed by atoms with Gasteiger partial charge in [0.25, 0.3) is 0 Å². The number of carboxylic acid groups (broad SMARTS) is 1. The third kappa shape index (κ3) is 8.51. The zero-order valence-electron chi connectivity index (χ0n) is 18.5. The Morgan fingerprint density at radius 2 is 1.56 bits per heavy atom. The molecule has 0 bridgehead atoms. The van der Waals surface area contributed by atoms with Gasteiger partial charge in [-0.25, -0.2) is 14.4 Å². The number of carboxylic acids is 1. The predicted molar refractivity (Wildman–Crippen MR) is 119 cm³/mol. The highest BCUT2D eigenvalue weighted by atomic mass is 16.6. The van der Waals surface area contributed by atoms with Crippen molar-refractivity contribution in [2.24, 2.45) is 0 Å². The van der Waals surface area contributed by atoms with Gasteiger partial charge in [-0.3, -0.25) is 0 Å². The second-order valence-corrected chi connectivity index (χ2v) is 7.91. The maximum Gasteiger partial charge on any atom is 0.408 e. The molecule has 0 saturated carbocycles. The van der Waals surface area contributed by atoms with E-state index in [4.69, 9.17) is 9.47 Å². The normalized spacial score (nSPS) is 12.1. The number of hydrogen-bond acceptors (Lipinski definition) is 6. The van der Waals surface area contributed by atoms with Crippen LogP contribution in [0.1, 0.15) is 31.9 Å². The van der Waals surface area contributed by atoms with Crippen molar-refractivity contribution < 1.29 is 33.7 Å². The Balaban J connectivity index is 1.97. The first-order valence-electron chi connectivity index (χ1n) is 9.91. The van der Waals surface area contributed by atoms with Gasteiger partial charge < -0.3 is 24.6 Å². The summed E-state index contributed by atoms with van der Waals surface area (Å²) < 4.78 is 15.5. The van der Waals surface area contributed by atoms with Gasteiger partial charge in [0.1, 0.15) is 23.1 Å². The second kappa shape index (κ2) is 11.0. The lowest BCUT2D eigenvalue weighted by molar-refractivity contribution is -0.139. The molecule has 0 aliphatic carbocycles. The van der Waals surface area contributed by atoms with Crippen molar-refractivity contribution >= 4 is 24.1 Å². The number of amides is 1. The first kappa shape index (κ1) is 24.5. The highest BCUT2D eigenvalue weighted by Crippen LogP contribution is 2.23. The van der Waals surface area contributed by atoms with Crippen LogP contribution in [-0.4, -0.2) is 41.9 Å². The molecule has 1 unspecified atom stereocenters. The summed E-state index contributed by atoms with van der Waals surface area (Å²) in [6.45, 7) is 5.11. The minimum atomic E-state index is -1.16. The number of benzene rings is 2. The zero-order valence-corrected chi connectivity index (χ0v) is 18.5. The Morgan fingerprint density at radius 3 is 2.06 bits per heavy atom. The third-order valence-electron chi connectivity index (χ3n) is 4.08. The summed E-state index contributed by atoms with van der Waals surface area (Å²) in [7, 11) is 1.31. The molecule has 0 aliphatic heterocycles. The van der Waals surface area contributed by atoms with Crippen LogP contribution in [0.25, 0.3) is 6.08 Å². The number of ether oxygens (including phenoxy) is 3. The van der Waals surface area contributed by atoms with Crippen LogP contribution in [0.3, 0.4) is 0 Å². The Hall–Kier alpha value is -3.81. The van der Waals surface area contributed by atoms with E-state index >= 15 is 0 Å². The first-order valence-corrected chi connectivity index (χ1v) is 9.91. The van der Waals surface area contributed by atoms with Crippen molar-refractivity contribution in [2.75, 3.05) is 7.11 Å². The molecule has 8 heteroatoms. The molecule has 1 amide bonds. The largest absolute Gasteiger partial charge is 0.480 e. The van der Waals surface area contributed by atoms with Crippen molar-refractivity contribution in [2.45, 2.75) is 38.8 Å². The number of carbonyl (C=O) groups excluding carboxylic acids is 2. The molecular formula is C24H27NO7. The van der Waals surface area contributed by atoms with Gasteiger partial charge in [-0.15, -0.1) is 0 Å². The van der Waals surface area contributed by atoms with Crippen molar-refractivity contribution in [1.29, 1.82) is 0 Å². The molecular weight excluding hydrogens is 414 g/mol. The van der Waals surface area contributed by atoms with Gasteiger partial charge in [-0.1, -0.05) is 24.3 Å². The average molecular weight is 441 g/mol. The minimum Gasteiger partial charge on any atom is -0.480 e. The fraction of sp³-hybridized carbons (Fsp3) is 0.292. The van der Waals surface area contributed by atoms with E-state index in [9.17, 15) is 19.5 Å². The molecule has 0 aromatic heterocycles. The summed E-state index contributed by atoms with van der Waals surface area (Å²) in [4.78, 5) is 34.5. The number of hydrogen-bond donors (Lipinski definition) is 2. The molecule has 0 saturated heterocycles. The molecule has 0 radical (unpaired) electrons. The van der Waals surface area contributed by atoms with Gasteiger partial charge in [0.2, 0.25) is 0 Å². The smallest absolute Gasteiger partial charge is 0.408 e. The number of esters is 1. The number of aliphatic carboxylic acids is 1. The monoisotopic (exact) mass is 441 g/mol. The summed E-state index contributed by atoms with van der Waals surface area (Å²) in [5.41, 5.74) is 0.807. The number of alkyl carbamates (subject to hydrolysis) is 1. The molecule has 2 rings (SSSR count). The van der Waals surface area contributed by atoms with Crippen molar-refractivity contribution in [3.05, 3.63) is 65.7 Å². The van der Waals surface area contributed by atoms with Crippen LogP contribution >= 0.6 is 0 Å². The summed E-state index contributed by atoms with van der Waals surface area (Å²) in [6.07, 6.45) is 2.27. The molecule has 2 aromatic rings. The van der Waals surface area contributed by atoms with Gasteiger partial charge in [0, 0.05) is 12.5 Å². The molecule has 1 atom stereocenters. The molecule has 0 heterocycles. The quantitative estimate of drug-likeness (QED) is 0.467. The van der Waals surface area contributed by atoms with Crippen LogP contribution in [0, 0.1) is 0 Å². The van der Waals surface area contributed by atoms with Gasteiger partial charge in [0.15, 0.2) is 0 Å². The van der Waals surface area contributed by atoms with Crippen LogP contribution in [0.5, 0.6) is 11.5 Å². The van der Waals surface area contributed by atoms with E-state index in [-0.39, 0.29) is 6.42 Å². The van der Waals surface area contributed by atoms with E-state index in [2.05, 4.69) is 10.1 Å². The summed E-state index contributed by atoms with van der Waals surface area (Å²) in [6, 6.07) is 12.9. The van der Waals surface area contributed by atoms with E-state index in [1.807, 2.05) is 0 Å². The summed E-state index contributed by atoms with van der Waals surface area (Å²) in [5.74, 6) is -0.420. The molecule has 2 aromatic carbocycles. The Kier molecular flexibility index (Phi) is 8.40. The molecule has 2 N–H and O–H groups in total. The highest BCUT2D eigenvalue weighted by Gasteiger charge is 2.24. The van der Waals surface area contributed by atoms with Crippen molar-refractivity contribution in [3.63, 3.8) is 0 Å². The topological polar surface area (TPSA) is 111 Å². The maximum absolute atomic E-state index is 11.9. The molecule has 0 spiro atoms. The molecule has 0 aliphatic rings. The zero-order chi connectivity index (χ0) is 23.7. The van der Waals surface area contributed by atoms with Gasteiger partial charge in [-0.2, -0.15) is 0 Å². The average Bonchev–Trinajstić information content (AvgIpc) is 2.72. The Labute approximate surface area is 186 Å². The van der Waals surface area contributed by atoms with Crippen LogP contribution in [0.2, 0.25) is 0 Å². The van der Waals surface area contributed by atoms with Crippen molar-refractivity contribution in [3.8, 4) is 11.5 Å². The SMILES string of the molecule is COC(=O)C=Cc1ccc(Oc2ccc(CC(NC(=O)OC(C)(C)C)C(=O)O)cc2)cc1. The number of methoxy groups -OCH3 is 1. The Morgan fingerprint density at radius 1 is 1.00 bits per heavy atom. The first-order chi connectivity index (χ1) is 15.1. The number of carbonyl (C=O) groups is 3. The highest BCUT2D eigenvalue weighted by molar-refractivity contribution is 5.86. The molecule has 32 heavy (non-hydrogen) atoms.